The number of hydrogen-bond donors (Lipinski definition) is 2. The molecule has 136 valence electrons. The number of H-pyrrole nitrogens is 2. The van der Waals surface area contributed by atoms with Crippen molar-refractivity contribution < 1.29 is 0 Å². The Bertz CT molecular complexity index is 977. The molecule has 26 heavy (non-hydrogen) atoms. The van der Waals surface area contributed by atoms with Crippen LogP contribution in [-0.2, 0) is 6.42 Å². The van der Waals surface area contributed by atoms with Crippen molar-refractivity contribution in [2.24, 2.45) is 0 Å². The summed E-state index contributed by atoms with van der Waals surface area (Å²) in [5.74, 6) is 1.13. The van der Waals surface area contributed by atoms with Crippen LogP contribution in [0.15, 0.2) is 35.4 Å². The molecular weight excluding hydrogens is 344 g/mol. The third-order valence-electron chi connectivity index (χ3n) is 5.14. The van der Waals surface area contributed by atoms with Crippen LogP contribution < -0.4 is 5.56 Å². The van der Waals surface area contributed by atoms with Gasteiger partial charge in [-0.3, -0.25) is 9.69 Å². The number of nitrogens with one attached hydrogen (secondary N) is 2. The number of fused-ring (bicyclic) bond motifs is 2. The van der Waals surface area contributed by atoms with E-state index in [1.165, 1.54) is 0 Å². The third kappa shape index (κ3) is 3.19. The molecule has 0 fully saturated rings. The highest BCUT2D eigenvalue weighted by Gasteiger charge is 2.32. The summed E-state index contributed by atoms with van der Waals surface area (Å²) in [7, 11) is 0. The first-order chi connectivity index (χ1) is 12.7. The van der Waals surface area contributed by atoms with Crippen LogP contribution >= 0.6 is 11.8 Å². The Morgan fingerprint density at radius 1 is 1.35 bits per heavy atom. The fourth-order valence-electron chi connectivity index (χ4n) is 3.86. The second kappa shape index (κ2) is 7.29. The minimum Gasteiger partial charge on any atom is -0.348 e. The largest absolute Gasteiger partial charge is 0.348 e. The van der Waals surface area contributed by atoms with E-state index in [0.717, 1.165) is 65.1 Å². The molecule has 0 saturated heterocycles. The average molecular weight is 369 g/mol. The highest BCUT2D eigenvalue weighted by molar-refractivity contribution is 7.98. The lowest BCUT2D eigenvalue weighted by atomic mass is 9.95. The summed E-state index contributed by atoms with van der Waals surface area (Å²) in [6.45, 7) is 3.96. The molecule has 1 aliphatic rings. The van der Waals surface area contributed by atoms with E-state index in [1.807, 2.05) is 30.8 Å². The minimum absolute atomic E-state index is 0.0150. The smallest absolute Gasteiger partial charge is 0.253 e. The fraction of sp³-hybridized carbons (Fsp3) is 0.400. The summed E-state index contributed by atoms with van der Waals surface area (Å²) >= 11 is 1.86. The van der Waals surface area contributed by atoms with E-state index in [-0.39, 0.29) is 11.6 Å². The topological polar surface area (TPSA) is 64.8 Å². The lowest BCUT2D eigenvalue weighted by Gasteiger charge is -2.34. The SMILES string of the molecule is CSCCCN1CCc2[nH]cnc2C1c1cc2ccc(C)cc2[nH]c1=O. The monoisotopic (exact) mass is 368 g/mol. The summed E-state index contributed by atoms with van der Waals surface area (Å²) in [4.78, 5) is 26.2. The van der Waals surface area contributed by atoms with E-state index in [4.69, 9.17) is 0 Å². The Morgan fingerprint density at radius 2 is 2.23 bits per heavy atom. The molecule has 4 rings (SSSR count). The van der Waals surface area contributed by atoms with Crippen molar-refractivity contribution in [1.29, 1.82) is 0 Å². The first kappa shape index (κ1) is 17.4. The number of imidazole rings is 1. The molecule has 0 spiro atoms. The van der Waals surface area contributed by atoms with Gasteiger partial charge in [0.2, 0.25) is 0 Å². The van der Waals surface area contributed by atoms with Crippen LogP contribution in [-0.4, -0.2) is 44.9 Å². The molecule has 0 amide bonds. The zero-order valence-electron chi connectivity index (χ0n) is 15.2. The van der Waals surface area contributed by atoms with Crippen LogP contribution in [0.4, 0.5) is 0 Å². The number of aromatic amines is 2. The first-order valence-corrected chi connectivity index (χ1v) is 10.5. The van der Waals surface area contributed by atoms with Gasteiger partial charge in [0, 0.05) is 29.7 Å². The quantitative estimate of drug-likeness (QED) is 0.679. The predicted octanol–water partition coefficient (Wildman–Crippen LogP) is 3.26. The van der Waals surface area contributed by atoms with Crippen molar-refractivity contribution in [3.63, 3.8) is 0 Å². The van der Waals surface area contributed by atoms with Crippen LogP contribution in [0.25, 0.3) is 10.9 Å². The molecular formula is C20H24N4OS. The van der Waals surface area contributed by atoms with Gasteiger partial charge >= 0.3 is 0 Å². The van der Waals surface area contributed by atoms with Crippen LogP contribution in [0, 0.1) is 6.92 Å². The maximum absolute atomic E-state index is 12.9. The number of pyridine rings is 1. The van der Waals surface area contributed by atoms with Crippen LogP contribution in [0.1, 0.15) is 35.0 Å². The molecule has 0 aliphatic carbocycles. The molecule has 2 N–H and O–H groups in total. The molecule has 5 nitrogen and oxygen atoms in total. The van der Waals surface area contributed by atoms with E-state index in [2.05, 4.69) is 38.2 Å². The molecule has 0 bridgehead atoms. The molecule has 2 aromatic heterocycles. The van der Waals surface area contributed by atoms with Crippen molar-refractivity contribution >= 4 is 22.7 Å². The van der Waals surface area contributed by atoms with Gasteiger partial charge in [0.25, 0.3) is 5.56 Å². The van der Waals surface area contributed by atoms with Crippen molar-refractivity contribution in [2.45, 2.75) is 25.8 Å². The molecule has 3 heterocycles. The number of rotatable bonds is 5. The third-order valence-corrected chi connectivity index (χ3v) is 5.84. The highest BCUT2D eigenvalue weighted by Crippen LogP contribution is 2.32. The molecule has 6 heteroatoms. The highest BCUT2D eigenvalue weighted by atomic mass is 32.2. The van der Waals surface area contributed by atoms with Crippen LogP contribution in [0.5, 0.6) is 0 Å². The summed E-state index contributed by atoms with van der Waals surface area (Å²) in [6, 6.07) is 8.15. The van der Waals surface area contributed by atoms with Crippen molar-refractivity contribution in [2.75, 3.05) is 25.1 Å². The lowest BCUT2D eigenvalue weighted by molar-refractivity contribution is 0.209. The van der Waals surface area contributed by atoms with Gasteiger partial charge in [-0.25, -0.2) is 4.98 Å². The van der Waals surface area contributed by atoms with Gasteiger partial charge in [0.1, 0.15) is 0 Å². The van der Waals surface area contributed by atoms with Gasteiger partial charge < -0.3 is 9.97 Å². The molecule has 1 atom stereocenters. The Balaban J connectivity index is 1.79. The molecule has 1 aromatic carbocycles. The van der Waals surface area contributed by atoms with Crippen molar-refractivity contribution in [1.82, 2.24) is 19.9 Å². The van der Waals surface area contributed by atoms with E-state index in [1.54, 1.807) is 6.33 Å². The Kier molecular flexibility index (Phi) is 4.87. The number of benzene rings is 1. The van der Waals surface area contributed by atoms with Gasteiger partial charge in [0.05, 0.1) is 18.1 Å². The van der Waals surface area contributed by atoms with Crippen LogP contribution in [0.3, 0.4) is 0 Å². The van der Waals surface area contributed by atoms with E-state index < -0.39 is 0 Å². The Labute approximate surface area is 157 Å². The first-order valence-electron chi connectivity index (χ1n) is 9.06. The summed E-state index contributed by atoms with van der Waals surface area (Å²) in [5, 5.41) is 1.07. The molecule has 0 saturated carbocycles. The molecule has 3 aromatic rings. The summed E-state index contributed by atoms with van der Waals surface area (Å²) in [5.41, 5.74) is 4.96. The number of hydrogen-bond acceptors (Lipinski definition) is 4. The van der Waals surface area contributed by atoms with E-state index in [9.17, 15) is 4.79 Å². The van der Waals surface area contributed by atoms with Gasteiger partial charge in [0.15, 0.2) is 0 Å². The number of nitrogens with zero attached hydrogens (tertiary/aromatic N) is 2. The van der Waals surface area contributed by atoms with E-state index in [0.29, 0.717) is 0 Å². The fourth-order valence-corrected chi connectivity index (χ4v) is 4.27. The zero-order chi connectivity index (χ0) is 18.1. The van der Waals surface area contributed by atoms with E-state index >= 15 is 0 Å². The Hall–Kier alpha value is -2.05. The molecule has 1 aliphatic heterocycles. The van der Waals surface area contributed by atoms with Gasteiger partial charge in [-0.15, -0.1) is 0 Å². The Morgan fingerprint density at radius 3 is 3.08 bits per heavy atom. The van der Waals surface area contributed by atoms with Gasteiger partial charge in [-0.1, -0.05) is 12.1 Å². The van der Waals surface area contributed by atoms with Gasteiger partial charge in [-0.2, -0.15) is 11.8 Å². The predicted molar refractivity (Wildman–Crippen MR) is 108 cm³/mol. The maximum atomic E-state index is 12.9. The van der Waals surface area contributed by atoms with Gasteiger partial charge in [-0.05, 0) is 55.0 Å². The maximum Gasteiger partial charge on any atom is 0.253 e. The second-order valence-electron chi connectivity index (χ2n) is 6.95. The van der Waals surface area contributed by atoms with Crippen LogP contribution in [0.2, 0.25) is 0 Å². The number of thioether (sulfide) groups is 1. The summed E-state index contributed by atoms with van der Waals surface area (Å²) in [6.07, 6.45) is 5.95. The summed E-state index contributed by atoms with van der Waals surface area (Å²) < 4.78 is 0. The normalized spacial score (nSPS) is 17.5. The zero-order valence-corrected chi connectivity index (χ0v) is 16.0. The lowest BCUT2D eigenvalue weighted by Crippen LogP contribution is -2.39. The minimum atomic E-state index is -0.0821. The number of aryl methyl sites for hydroxylation is 1. The van der Waals surface area contributed by atoms with Crippen molar-refractivity contribution in [3.8, 4) is 0 Å². The average Bonchev–Trinajstić information content (AvgIpc) is 3.10. The van der Waals surface area contributed by atoms with Crippen molar-refractivity contribution in [3.05, 3.63) is 63.5 Å². The standard InChI is InChI=1S/C20H24N4OS/c1-13-4-5-14-11-15(20(25)23-17(14)10-13)19-18-16(21-12-22-18)6-8-24(19)7-3-9-26-2/h4-5,10-12,19H,3,6-9H2,1-2H3,(H,21,22)(H,23,25). The molecule has 0 radical (unpaired) electrons. The second-order valence-corrected chi connectivity index (χ2v) is 7.93. The number of aromatic nitrogens is 3. The molecule has 1 unspecified atom stereocenters.